The topological polar surface area (TPSA) is 87.9 Å². The molecule has 2 aromatic carbocycles. The second kappa shape index (κ2) is 10.1. The number of aliphatic hydroxyl groups excluding tert-OH is 1. The molecule has 0 bridgehead atoms. The van der Waals surface area contributed by atoms with Gasteiger partial charge in [-0.25, -0.2) is 4.68 Å². The number of Topliss-reactive ketones (excluding diaryl/α,β-unsaturated/α-hetero) is 1. The highest BCUT2D eigenvalue weighted by Gasteiger charge is 2.47. The van der Waals surface area contributed by atoms with Gasteiger partial charge in [-0.1, -0.05) is 36.4 Å². The van der Waals surface area contributed by atoms with Gasteiger partial charge in [-0.15, -0.1) is 0 Å². The van der Waals surface area contributed by atoms with Crippen LogP contribution < -0.4 is 4.74 Å². The van der Waals surface area contributed by atoms with E-state index in [4.69, 9.17) is 4.74 Å². The second-order valence-corrected chi connectivity index (χ2v) is 8.78. The first-order valence-electron chi connectivity index (χ1n) is 11.5. The quantitative estimate of drug-likeness (QED) is 0.305. The highest BCUT2D eigenvalue weighted by atomic mass is 16.5. The lowest BCUT2D eigenvalue weighted by atomic mass is 9.94. The Hall–Kier alpha value is -3.91. The standard InChI is InChI=1S/C27H30N4O4/c1-18-21(17-28-31(18)19-11-6-5-7-12-19)25(32)23-24(20-13-8-9-14-22(20)35-4)30(27(34)26(23)33)16-10-15-29(2)3/h5-9,11-14,17,24,32H,10,15-16H2,1-4H3/b25-23+/t24-/m1/s1. The van der Waals surface area contributed by atoms with Crippen LogP contribution in [0.4, 0.5) is 0 Å². The number of rotatable bonds is 8. The maximum atomic E-state index is 13.3. The van der Waals surface area contributed by atoms with Gasteiger partial charge in [0.05, 0.1) is 41.9 Å². The lowest BCUT2D eigenvalue weighted by Gasteiger charge is -2.27. The van der Waals surface area contributed by atoms with Crippen LogP contribution in [-0.4, -0.2) is 70.7 Å². The number of ketones is 1. The van der Waals surface area contributed by atoms with Gasteiger partial charge in [-0.05, 0) is 52.2 Å². The van der Waals surface area contributed by atoms with Gasteiger partial charge >= 0.3 is 0 Å². The number of aromatic nitrogens is 2. The van der Waals surface area contributed by atoms with Gasteiger partial charge in [0.2, 0.25) is 0 Å². The summed E-state index contributed by atoms with van der Waals surface area (Å²) in [7, 11) is 5.46. The molecule has 1 N–H and O–H groups in total. The van der Waals surface area contributed by atoms with Crippen LogP contribution in [0.25, 0.3) is 11.4 Å². The summed E-state index contributed by atoms with van der Waals surface area (Å²) in [4.78, 5) is 30.0. The van der Waals surface area contributed by atoms with Crippen LogP contribution in [0.15, 0.2) is 66.4 Å². The Bertz CT molecular complexity index is 1260. The molecule has 4 rings (SSSR count). The average Bonchev–Trinajstić information content (AvgIpc) is 3.36. The Labute approximate surface area is 205 Å². The normalized spacial score (nSPS) is 17.4. The van der Waals surface area contributed by atoms with Crippen molar-refractivity contribution < 1.29 is 19.4 Å². The fourth-order valence-corrected chi connectivity index (χ4v) is 4.50. The second-order valence-electron chi connectivity index (χ2n) is 8.78. The van der Waals surface area contributed by atoms with Crippen molar-refractivity contribution in [2.75, 3.05) is 34.3 Å². The zero-order chi connectivity index (χ0) is 25.1. The maximum Gasteiger partial charge on any atom is 0.295 e. The molecule has 1 fully saturated rings. The van der Waals surface area contributed by atoms with Crippen LogP contribution in [0.2, 0.25) is 0 Å². The molecule has 1 aliphatic rings. The number of ether oxygens (including phenoxy) is 1. The van der Waals surface area contributed by atoms with Crippen molar-refractivity contribution in [2.45, 2.75) is 19.4 Å². The number of nitrogens with zero attached hydrogens (tertiary/aromatic N) is 4. The van der Waals surface area contributed by atoms with Gasteiger partial charge in [-0.2, -0.15) is 5.10 Å². The molecule has 0 unspecified atom stereocenters. The summed E-state index contributed by atoms with van der Waals surface area (Å²) >= 11 is 0. The molecule has 1 saturated heterocycles. The molecule has 0 radical (unpaired) electrons. The average molecular weight is 475 g/mol. The molecule has 182 valence electrons. The van der Waals surface area contributed by atoms with Gasteiger partial charge < -0.3 is 19.6 Å². The van der Waals surface area contributed by atoms with E-state index in [0.29, 0.717) is 35.5 Å². The Kier molecular flexibility index (Phi) is 7.02. The number of carbonyl (C=O) groups is 2. The predicted molar refractivity (Wildman–Crippen MR) is 133 cm³/mol. The largest absolute Gasteiger partial charge is 0.507 e. The molecule has 8 heteroatoms. The Balaban J connectivity index is 1.84. The lowest BCUT2D eigenvalue weighted by Crippen LogP contribution is -2.32. The number of likely N-dealkylation sites (tertiary alicyclic amines) is 1. The van der Waals surface area contributed by atoms with E-state index in [1.54, 1.807) is 17.9 Å². The number of carbonyl (C=O) groups excluding carboxylic acids is 2. The number of aliphatic hydroxyl groups is 1. The summed E-state index contributed by atoms with van der Waals surface area (Å²) in [6.45, 7) is 2.94. The molecule has 0 aliphatic carbocycles. The molecule has 2 heterocycles. The molecular formula is C27H30N4O4. The molecule has 3 aromatic rings. The third-order valence-electron chi connectivity index (χ3n) is 6.24. The number of methoxy groups -OCH3 is 1. The summed E-state index contributed by atoms with van der Waals surface area (Å²) in [5, 5.41) is 15.9. The lowest BCUT2D eigenvalue weighted by molar-refractivity contribution is -0.140. The molecule has 1 amide bonds. The third kappa shape index (κ3) is 4.57. The van der Waals surface area contributed by atoms with Crippen LogP contribution >= 0.6 is 0 Å². The van der Waals surface area contributed by atoms with Crippen molar-refractivity contribution in [3.05, 3.63) is 83.2 Å². The van der Waals surface area contributed by atoms with Crippen LogP contribution in [0.3, 0.4) is 0 Å². The van der Waals surface area contributed by atoms with E-state index in [9.17, 15) is 14.7 Å². The van der Waals surface area contributed by atoms with Crippen molar-refractivity contribution in [1.29, 1.82) is 0 Å². The van der Waals surface area contributed by atoms with Crippen molar-refractivity contribution in [1.82, 2.24) is 19.6 Å². The van der Waals surface area contributed by atoms with E-state index in [2.05, 4.69) is 5.10 Å². The van der Waals surface area contributed by atoms with Gasteiger partial charge in [0.1, 0.15) is 11.5 Å². The Morgan fingerprint density at radius 1 is 1.09 bits per heavy atom. The molecule has 0 saturated carbocycles. The number of hydrogen-bond donors (Lipinski definition) is 1. The Morgan fingerprint density at radius 3 is 2.46 bits per heavy atom. The SMILES string of the molecule is COc1ccccc1[C@@H]1/C(=C(\O)c2cnn(-c3ccccc3)c2C)C(=O)C(=O)N1CCCN(C)C. The zero-order valence-corrected chi connectivity index (χ0v) is 20.4. The molecule has 1 atom stereocenters. The van der Waals surface area contributed by atoms with Gasteiger partial charge in [-0.3, -0.25) is 9.59 Å². The molecule has 1 aromatic heterocycles. The summed E-state index contributed by atoms with van der Waals surface area (Å²) in [5.41, 5.74) is 2.58. The van der Waals surface area contributed by atoms with E-state index in [1.807, 2.05) is 74.4 Å². The van der Waals surface area contributed by atoms with Gasteiger partial charge in [0, 0.05) is 12.1 Å². The summed E-state index contributed by atoms with van der Waals surface area (Å²) in [6, 6.07) is 16.0. The molecule has 1 aliphatic heterocycles. The van der Waals surface area contributed by atoms with Crippen LogP contribution in [0.5, 0.6) is 5.75 Å². The smallest absolute Gasteiger partial charge is 0.295 e. The zero-order valence-electron chi connectivity index (χ0n) is 20.4. The molecular weight excluding hydrogens is 444 g/mol. The number of para-hydroxylation sites is 2. The van der Waals surface area contributed by atoms with Crippen molar-refractivity contribution >= 4 is 17.4 Å². The number of hydrogen-bond acceptors (Lipinski definition) is 6. The van der Waals surface area contributed by atoms with Crippen molar-refractivity contribution in [3.8, 4) is 11.4 Å². The number of amides is 1. The summed E-state index contributed by atoms with van der Waals surface area (Å²) in [5.74, 6) is -1.04. The first kappa shape index (κ1) is 24.2. The van der Waals surface area contributed by atoms with Gasteiger partial charge in [0.15, 0.2) is 0 Å². The minimum atomic E-state index is -0.771. The van der Waals surface area contributed by atoms with Crippen molar-refractivity contribution in [2.24, 2.45) is 0 Å². The highest BCUT2D eigenvalue weighted by molar-refractivity contribution is 6.46. The van der Waals surface area contributed by atoms with E-state index >= 15 is 0 Å². The van der Waals surface area contributed by atoms with E-state index in [-0.39, 0.29) is 11.3 Å². The van der Waals surface area contributed by atoms with E-state index in [0.717, 1.165) is 12.2 Å². The predicted octanol–water partition coefficient (Wildman–Crippen LogP) is 3.56. The first-order chi connectivity index (χ1) is 16.8. The minimum absolute atomic E-state index is 0.0417. The number of benzene rings is 2. The highest BCUT2D eigenvalue weighted by Crippen LogP contribution is 2.43. The molecule has 35 heavy (non-hydrogen) atoms. The minimum Gasteiger partial charge on any atom is -0.507 e. The monoisotopic (exact) mass is 474 g/mol. The maximum absolute atomic E-state index is 13.3. The first-order valence-corrected chi connectivity index (χ1v) is 11.5. The van der Waals surface area contributed by atoms with E-state index < -0.39 is 17.7 Å². The molecule has 8 nitrogen and oxygen atoms in total. The summed E-state index contributed by atoms with van der Waals surface area (Å²) < 4.78 is 7.26. The fourth-order valence-electron chi connectivity index (χ4n) is 4.50. The van der Waals surface area contributed by atoms with E-state index in [1.165, 1.54) is 11.1 Å². The van der Waals surface area contributed by atoms with Crippen molar-refractivity contribution in [3.63, 3.8) is 0 Å². The third-order valence-corrected chi connectivity index (χ3v) is 6.24. The fraction of sp³-hybridized carbons (Fsp3) is 0.296. The molecule has 0 spiro atoms. The summed E-state index contributed by atoms with van der Waals surface area (Å²) in [6.07, 6.45) is 2.20. The van der Waals surface area contributed by atoms with Gasteiger partial charge in [0.25, 0.3) is 11.7 Å². The van der Waals surface area contributed by atoms with Crippen LogP contribution in [0, 0.1) is 6.92 Å². The Morgan fingerprint density at radius 2 is 1.77 bits per heavy atom. The van der Waals surface area contributed by atoms with Crippen LogP contribution in [0.1, 0.15) is 29.3 Å². The van der Waals surface area contributed by atoms with Crippen LogP contribution in [-0.2, 0) is 9.59 Å².